The second-order valence-corrected chi connectivity index (χ2v) is 5.01. The molecule has 1 N–H and O–H groups in total. The third kappa shape index (κ3) is 2.52. The van der Waals surface area contributed by atoms with Crippen molar-refractivity contribution < 1.29 is 4.74 Å². The maximum absolute atomic E-state index is 5.67. The van der Waals surface area contributed by atoms with Crippen LogP contribution in [0.1, 0.15) is 18.0 Å². The van der Waals surface area contributed by atoms with Crippen molar-refractivity contribution in [2.75, 3.05) is 30.9 Å². The van der Waals surface area contributed by atoms with Gasteiger partial charge in [-0.05, 0) is 12.1 Å². The van der Waals surface area contributed by atoms with E-state index in [4.69, 9.17) is 4.74 Å². The van der Waals surface area contributed by atoms with Crippen LogP contribution in [-0.4, -0.2) is 30.7 Å². The van der Waals surface area contributed by atoms with E-state index in [1.807, 2.05) is 43.3 Å². The summed E-state index contributed by atoms with van der Waals surface area (Å²) in [5, 5.41) is 3.47. The van der Waals surface area contributed by atoms with E-state index < -0.39 is 0 Å². The summed E-state index contributed by atoms with van der Waals surface area (Å²) in [5.74, 6) is 2.50. The lowest BCUT2D eigenvalue weighted by molar-refractivity contribution is 0.274. The molecule has 5 nitrogen and oxygen atoms in total. The number of anilines is 2. The van der Waals surface area contributed by atoms with Gasteiger partial charge in [0.25, 0.3) is 0 Å². The quantitative estimate of drug-likeness (QED) is 0.928. The SMILES string of the molecule is CN(C)c1nccc(NC2CCOc3ccccc32)n1. The summed E-state index contributed by atoms with van der Waals surface area (Å²) in [6.07, 6.45) is 2.70. The Labute approximate surface area is 118 Å². The van der Waals surface area contributed by atoms with Crippen LogP contribution in [0.4, 0.5) is 11.8 Å². The number of aromatic nitrogens is 2. The number of hydrogen-bond acceptors (Lipinski definition) is 5. The van der Waals surface area contributed by atoms with Crippen LogP contribution in [0.2, 0.25) is 0 Å². The lowest BCUT2D eigenvalue weighted by Crippen LogP contribution is -2.21. The third-order valence-corrected chi connectivity index (χ3v) is 3.32. The van der Waals surface area contributed by atoms with E-state index in [0.29, 0.717) is 5.95 Å². The van der Waals surface area contributed by atoms with Gasteiger partial charge in [-0.15, -0.1) is 0 Å². The van der Waals surface area contributed by atoms with Crippen LogP contribution in [0.15, 0.2) is 36.5 Å². The molecule has 104 valence electrons. The van der Waals surface area contributed by atoms with Crippen molar-refractivity contribution in [1.29, 1.82) is 0 Å². The van der Waals surface area contributed by atoms with Crippen LogP contribution in [0.25, 0.3) is 0 Å². The molecular weight excluding hydrogens is 252 g/mol. The van der Waals surface area contributed by atoms with Crippen LogP contribution in [-0.2, 0) is 0 Å². The Morgan fingerprint density at radius 2 is 2.10 bits per heavy atom. The van der Waals surface area contributed by atoms with E-state index in [2.05, 4.69) is 21.4 Å². The van der Waals surface area contributed by atoms with Crippen molar-refractivity contribution in [2.45, 2.75) is 12.5 Å². The molecule has 5 heteroatoms. The van der Waals surface area contributed by atoms with E-state index in [-0.39, 0.29) is 6.04 Å². The predicted molar refractivity (Wildman–Crippen MR) is 79.3 cm³/mol. The third-order valence-electron chi connectivity index (χ3n) is 3.32. The molecule has 20 heavy (non-hydrogen) atoms. The highest BCUT2D eigenvalue weighted by atomic mass is 16.5. The first-order valence-corrected chi connectivity index (χ1v) is 6.72. The lowest BCUT2D eigenvalue weighted by atomic mass is 10.0. The van der Waals surface area contributed by atoms with Gasteiger partial charge >= 0.3 is 0 Å². The molecule has 0 saturated carbocycles. The van der Waals surface area contributed by atoms with Crippen LogP contribution in [0.3, 0.4) is 0 Å². The summed E-state index contributed by atoms with van der Waals surface area (Å²) in [7, 11) is 3.87. The number of ether oxygens (including phenoxy) is 1. The zero-order valence-electron chi connectivity index (χ0n) is 11.7. The first-order chi connectivity index (χ1) is 9.74. The maximum Gasteiger partial charge on any atom is 0.226 e. The van der Waals surface area contributed by atoms with E-state index >= 15 is 0 Å². The number of nitrogens with one attached hydrogen (secondary N) is 1. The highest BCUT2D eigenvalue weighted by molar-refractivity contribution is 5.46. The minimum atomic E-state index is 0.227. The topological polar surface area (TPSA) is 50.3 Å². The average molecular weight is 270 g/mol. The number of fused-ring (bicyclic) bond motifs is 1. The van der Waals surface area contributed by atoms with Gasteiger partial charge in [0.2, 0.25) is 5.95 Å². The molecule has 0 bridgehead atoms. The first kappa shape index (κ1) is 12.7. The minimum absolute atomic E-state index is 0.227. The predicted octanol–water partition coefficient (Wildman–Crippen LogP) is 2.48. The number of rotatable bonds is 3. The van der Waals surface area contributed by atoms with Crippen molar-refractivity contribution in [3.05, 3.63) is 42.1 Å². The molecule has 1 aliphatic heterocycles. The smallest absolute Gasteiger partial charge is 0.226 e. The molecule has 0 fully saturated rings. The molecule has 1 unspecified atom stereocenters. The average Bonchev–Trinajstić information content (AvgIpc) is 2.48. The fraction of sp³-hybridized carbons (Fsp3) is 0.333. The Kier molecular flexibility index (Phi) is 3.41. The Balaban J connectivity index is 1.84. The van der Waals surface area contributed by atoms with Crippen LogP contribution in [0.5, 0.6) is 5.75 Å². The Hall–Kier alpha value is -2.30. The first-order valence-electron chi connectivity index (χ1n) is 6.72. The highest BCUT2D eigenvalue weighted by Gasteiger charge is 2.21. The van der Waals surface area contributed by atoms with Crippen molar-refractivity contribution >= 4 is 11.8 Å². The summed E-state index contributed by atoms with van der Waals surface area (Å²) >= 11 is 0. The molecule has 3 rings (SSSR count). The molecule has 0 aliphatic carbocycles. The standard InChI is InChI=1S/C15H18N4O/c1-19(2)15-16-9-7-14(18-15)17-12-8-10-20-13-6-4-3-5-11(12)13/h3-7,9,12H,8,10H2,1-2H3,(H,16,17,18). The van der Waals surface area contributed by atoms with Crippen molar-refractivity contribution in [3.63, 3.8) is 0 Å². The van der Waals surface area contributed by atoms with Gasteiger partial charge in [-0.2, -0.15) is 4.98 Å². The number of benzene rings is 1. The molecule has 2 aromatic rings. The molecule has 1 atom stereocenters. The van der Waals surface area contributed by atoms with E-state index in [9.17, 15) is 0 Å². The molecule has 0 amide bonds. The lowest BCUT2D eigenvalue weighted by Gasteiger charge is -2.27. The van der Waals surface area contributed by atoms with Crippen LogP contribution in [0, 0.1) is 0 Å². The van der Waals surface area contributed by atoms with Crippen molar-refractivity contribution in [1.82, 2.24) is 9.97 Å². The van der Waals surface area contributed by atoms with Crippen molar-refractivity contribution in [3.8, 4) is 5.75 Å². The van der Waals surface area contributed by atoms with Crippen LogP contribution >= 0.6 is 0 Å². The molecule has 1 aromatic carbocycles. The molecule has 1 aromatic heterocycles. The van der Waals surface area contributed by atoms with Gasteiger partial charge in [0.05, 0.1) is 12.6 Å². The second kappa shape index (κ2) is 5.36. The second-order valence-electron chi connectivity index (χ2n) is 5.01. The normalized spacial score (nSPS) is 17.0. The van der Waals surface area contributed by atoms with Gasteiger partial charge in [-0.1, -0.05) is 18.2 Å². The van der Waals surface area contributed by atoms with Gasteiger partial charge < -0.3 is 15.0 Å². The van der Waals surface area contributed by atoms with Gasteiger partial charge in [0.1, 0.15) is 11.6 Å². The Bertz CT molecular complexity index is 600. The molecule has 0 spiro atoms. The maximum atomic E-state index is 5.67. The number of nitrogens with zero attached hydrogens (tertiary/aromatic N) is 3. The summed E-state index contributed by atoms with van der Waals surface area (Å²) in [5.41, 5.74) is 1.18. The summed E-state index contributed by atoms with van der Waals surface area (Å²) < 4.78 is 5.67. The summed E-state index contributed by atoms with van der Waals surface area (Å²) in [6.45, 7) is 0.723. The van der Waals surface area contributed by atoms with Gasteiger partial charge in [-0.3, -0.25) is 0 Å². The Morgan fingerprint density at radius 3 is 2.95 bits per heavy atom. The monoisotopic (exact) mass is 270 g/mol. The minimum Gasteiger partial charge on any atom is -0.493 e. The molecular formula is C15H18N4O. The fourth-order valence-electron chi connectivity index (χ4n) is 2.31. The molecule has 2 heterocycles. The largest absolute Gasteiger partial charge is 0.493 e. The van der Waals surface area contributed by atoms with Gasteiger partial charge in [-0.25, -0.2) is 4.98 Å². The zero-order chi connectivity index (χ0) is 13.9. The fourth-order valence-corrected chi connectivity index (χ4v) is 2.31. The molecule has 1 aliphatic rings. The highest BCUT2D eigenvalue weighted by Crippen LogP contribution is 2.33. The van der Waals surface area contributed by atoms with Crippen LogP contribution < -0.4 is 15.0 Å². The molecule has 0 radical (unpaired) electrons. The number of para-hydroxylation sites is 1. The van der Waals surface area contributed by atoms with E-state index in [0.717, 1.165) is 24.6 Å². The number of hydrogen-bond donors (Lipinski definition) is 1. The summed E-state index contributed by atoms with van der Waals surface area (Å²) in [6, 6.07) is 10.3. The Morgan fingerprint density at radius 1 is 1.25 bits per heavy atom. The van der Waals surface area contributed by atoms with E-state index in [1.54, 1.807) is 6.20 Å². The van der Waals surface area contributed by atoms with Gasteiger partial charge in [0, 0.05) is 32.3 Å². The van der Waals surface area contributed by atoms with Gasteiger partial charge in [0.15, 0.2) is 0 Å². The van der Waals surface area contributed by atoms with E-state index in [1.165, 1.54) is 5.56 Å². The van der Waals surface area contributed by atoms with Crippen molar-refractivity contribution in [2.24, 2.45) is 0 Å². The molecule has 0 saturated heterocycles. The zero-order valence-corrected chi connectivity index (χ0v) is 11.7. The summed E-state index contributed by atoms with van der Waals surface area (Å²) in [4.78, 5) is 10.6.